The van der Waals surface area contributed by atoms with Crippen LogP contribution in [0.4, 0.5) is 4.79 Å². The molecule has 0 aromatic heterocycles. The van der Waals surface area contributed by atoms with Crippen LogP contribution in [-0.2, 0) is 19.1 Å². The van der Waals surface area contributed by atoms with Crippen LogP contribution in [0.25, 0.3) is 11.1 Å². The molecule has 0 saturated heterocycles. The Bertz CT molecular complexity index is 958. The molecule has 1 atom stereocenters. The third-order valence-corrected chi connectivity index (χ3v) is 5.83. The molecule has 2 aliphatic rings. The quantitative estimate of drug-likeness (QED) is 0.492. The lowest BCUT2D eigenvalue weighted by Gasteiger charge is -2.16. The molecule has 0 unspecified atom stereocenters. The van der Waals surface area contributed by atoms with Crippen molar-refractivity contribution >= 4 is 18.0 Å². The van der Waals surface area contributed by atoms with Crippen LogP contribution in [0.2, 0.25) is 0 Å². The van der Waals surface area contributed by atoms with Gasteiger partial charge in [-0.25, -0.2) is 4.79 Å². The van der Waals surface area contributed by atoms with Crippen LogP contribution in [-0.4, -0.2) is 49.1 Å². The van der Waals surface area contributed by atoms with E-state index in [-0.39, 0.29) is 38.1 Å². The summed E-state index contributed by atoms with van der Waals surface area (Å²) in [5.41, 5.74) is 4.51. The summed E-state index contributed by atoms with van der Waals surface area (Å²) in [6, 6.07) is 16.1. The van der Waals surface area contributed by atoms with Crippen molar-refractivity contribution in [3.8, 4) is 11.1 Å². The maximum Gasteiger partial charge on any atom is 0.407 e. The topological polar surface area (TPSA) is 114 Å². The smallest absolute Gasteiger partial charge is 0.407 e. The van der Waals surface area contributed by atoms with Crippen molar-refractivity contribution in [2.24, 2.45) is 5.92 Å². The number of carboxylic acids is 1. The van der Waals surface area contributed by atoms with Gasteiger partial charge in [0.1, 0.15) is 19.9 Å². The minimum Gasteiger partial charge on any atom is -0.481 e. The van der Waals surface area contributed by atoms with Crippen molar-refractivity contribution in [1.82, 2.24) is 10.6 Å². The Morgan fingerprint density at radius 3 is 2.19 bits per heavy atom. The highest BCUT2D eigenvalue weighted by atomic mass is 16.5. The first kappa shape index (κ1) is 21.8. The van der Waals surface area contributed by atoms with Gasteiger partial charge in [-0.3, -0.25) is 9.59 Å². The number of benzene rings is 2. The van der Waals surface area contributed by atoms with E-state index in [2.05, 4.69) is 22.8 Å². The molecule has 2 aromatic carbocycles. The number of hydrogen-bond acceptors (Lipinski definition) is 5. The van der Waals surface area contributed by atoms with Crippen LogP contribution >= 0.6 is 0 Å². The number of rotatable bonds is 10. The first-order valence-electron chi connectivity index (χ1n) is 10.7. The second-order valence-electron chi connectivity index (χ2n) is 8.06. The van der Waals surface area contributed by atoms with Gasteiger partial charge < -0.3 is 25.2 Å². The summed E-state index contributed by atoms with van der Waals surface area (Å²) in [4.78, 5) is 34.9. The lowest BCUT2D eigenvalue weighted by atomic mass is 9.98. The lowest BCUT2D eigenvalue weighted by molar-refractivity contribution is -0.141. The Kier molecular flexibility index (Phi) is 6.70. The molecular weight excluding hydrogens is 412 g/mol. The Morgan fingerprint density at radius 1 is 0.969 bits per heavy atom. The summed E-state index contributed by atoms with van der Waals surface area (Å²) in [5, 5.41) is 13.9. The number of aliphatic carboxylic acids is 1. The number of hydrogen-bond donors (Lipinski definition) is 3. The maximum absolute atomic E-state index is 12.1. The molecule has 8 heteroatoms. The fourth-order valence-corrected chi connectivity index (χ4v) is 4.10. The Labute approximate surface area is 185 Å². The van der Waals surface area contributed by atoms with Gasteiger partial charge in [0.25, 0.3) is 0 Å². The molecule has 32 heavy (non-hydrogen) atoms. The van der Waals surface area contributed by atoms with Crippen molar-refractivity contribution in [3.63, 3.8) is 0 Å². The summed E-state index contributed by atoms with van der Waals surface area (Å²) in [6.45, 7) is -0.185. The zero-order valence-electron chi connectivity index (χ0n) is 17.6. The molecule has 4 rings (SSSR count). The molecule has 0 bridgehead atoms. The van der Waals surface area contributed by atoms with Crippen LogP contribution in [0.1, 0.15) is 36.3 Å². The third-order valence-electron chi connectivity index (χ3n) is 5.83. The second-order valence-corrected chi connectivity index (χ2v) is 8.06. The van der Waals surface area contributed by atoms with Crippen molar-refractivity contribution in [3.05, 3.63) is 59.7 Å². The summed E-state index contributed by atoms with van der Waals surface area (Å²) in [7, 11) is 0. The zero-order chi connectivity index (χ0) is 22.5. The number of amides is 2. The van der Waals surface area contributed by atoms with E-state index in [9.17, 15) is 14.4 Å². The Morgan fingerprint density at radius 2 is 1.59 bits per heavy atom. The van der Waals surface area contributed by atoms with Gasteiger partial charge in [0, 0.05) is 5.92 Å². The van der Waals surface area contributed by atoms with E-state index in [4.69, 9.17) is 14.6 Å². The predicted octanol–water partition coefficient (Wildman–Crippen LogP) is 2.87. The van der Waals surface area contributed by atoms with Gasteiger partial charge in [-0.1, -0.05) is 48.5 Å². The summed E-state index contributed by atoms with van der Waals surface area (Å²) in [5.74, 6) is -1.18. The SMILES string of the molecule is O=C(O)C[C@H](OCNC(=O)CNC(=O)OCC1c2ccccc2-c2ccccc21)C1CC1. The predicted molar refractivity (Wildman–Crippen MR) is 116 cm³/mol. The number of ether oxygens (including phenoxy) is 2. The average molecular weight is 438 g/mol. The number of carbonyl (C=O) groups excluding carboxylic acids is 2. The van der Waals surface area contributed by atoms with E-state index >= 15 is 0 Å². The van der Waals surface area contributed by atoms with E-state index in [1.54, 1.807) is 0 Å². The van der Waals surface area contributed by atoms with E-state index in [1.165, 1.54) is 0 Å². The fourth-order valence-electron chi connectivity index (χ4n) is 4.10. The second kappa shape index (κ2) is 9.82. The minimum atomic E-state index is -0.926. The molecule has 1 fully saturated rings. The number of carboxylic acid groups (broad SMARTS) is 1. The maximum atomic E-state index is 12.1. The third kappa shape index (κ3) is 5.26. The molecule has 3 N–H and O–H groups in total. The number of alkyl carbamates (subject to hydrolysis) is 1. The van der Waals surface area contributed by atoms with Crippen LogP contribution < -0.4 is 10.6 Å². The molecule has 2 aliphatic carbocycles. The van der Waals surface area contributed by atoms with Crippen molar-refractivity contribution < 1.29 is 29.0 Å². The van der Waals surface area contributed by atoms with Gasteiger partial charge in [-0.15, -0.1) is 0 Å². The van der Waals surface area contributed by atoms with Crippen molar-refractivity contribution in [1.29, 1.82) is 0 Å². The molecule has 2 amide bonds. The molecule has 0 heterocycles. The highest BCUT2D eigenvalue weighted by molar-refractivity contribution is 5.82. The Balaban J connectivity index is 1.20. The molecule has 1 saturated carbocycles. The highest BCUT2D eigenvalue weighted by Crippen LogP contribution is 2.44. The molecule has 0 spiro atoms. The Hall–Kier alpha value is -3.39. The van der Waals surface area contributed by atoms with Crippen LogP contribution in [0.3, 0.4) is 0 Å². The van der Waals surface area contributed by atoms with E-state index < -0.39 is 24.1 Å². The largest absolute Gasteiger partial charge is 0.481 e. The molecule has 0 radical (unpaired) electrons. The summed E-state index contributed by atoms with van der Waals surface area (Å²) >= 11 is 0. The average Bonchev–Trinajstić information content (AvgIpc) is 3.58. The van der Waals surface area contributed by atoms with Crippen LogP contribution in [0.5, 0.6) is 0 Å². The van der Waals surface area contributed by atoms with Gasteiger partial charge in [0.05, 0.1) is 12.5 Å². The van der Waals surface area contributed by atoms with Crippen molar-refractivity contribution in [2.45, 2.75) is 31.3 Å². The van der Waals surface area contributed by atoms with E-state index in [1.807, 2.05) is 36.4 Å². The van der Waals surface area contributed by atoms with Crippen LogP contribution in [0, 0.1) is 5.92 Å². The monoisotopic (exact) mass is 438 g/mol. The first-order chi connectivity index (χ1) is 15.5. The number of nitrogens with one attached hydrogen (secondary N) is 2. The van der Waals surface area contributed by atoms with Gasteiger partial charge in [0.2, 0.25) is 5.91 Å². The molecule has 8 nitrogen and oxygen atoms in total. The normalized spacial score (nSPS) is 15.4. The molecule has 168 valence electrons. The fraction of sp³-hybridized carbons (Fsp3) is 0.375. The summed E-state index contributed by atoms with van der Waals surface area (Å²) in [6.07, 6.45) is 0.718. The van der Waals surface area contributed by atoms with Gasteiger partial charge in [0.15, 0.2) is 0 Å². The number of fused-ring (bicyclic) bond motifs is 3. The van der Waals surface area contributed by atoms with E-state index in [0.717, 1.165) is 35.1 Å². The molecular formula is C24H26N2O6. The first-order valence-corrected chi connectivity index (χ1v) is 10.7. The molecule has 2 aromatic rings. The highest BCUT2D eigenvalue weighted by Gasteiger charge is 2.33. The van der Waals surface area contributed by atoms with Gasteiger partial charge in [-0.2, -0.15) is 0 Å². The molecule has 0 aliphatic heterocycles. The summed E-state index contributed by atoms with van der Waals surface area (Å²) < 4.78 is 10.9. The van der Waals surface area contributed by atoms with Crippen LogP contribution in [0.15, 0.2) is 48.5 Å². The van der Waals surface area contributed by atoms with Crippen molar-refractivity contribution in [2.75, 3.05) is 19.9 Å². The zero-order valence-corrected chi connectivity index (χ0v) is 17.6. The number of carbonyl (C=O) groups is 3. The lowest BCUT2D eigenvalue weighted by Crippen LogP contribution is -2.39. The van der Waals surface area contributed by atoms with Gasteiger partial charge in [-0.05, 0) is 41.0 Å². The minimum absolute atomic E-state index is 0.0519. The van der Waals surface area contributed by atoms with E-state index in [0.29, 0.717) is 0 Å². The van der Waals surface area contributed by atoms with Gasteiger partial charge >= 0.3 is 12.1 Å². The standard InChI is InChI=1S/C24H26N2O6/c27-22(26-14-32-21(11-23(28)29)15-9-10-15)12-25-24(30)31-13-20-18-7-3-1-5-16(18)17-6-2-4-8-19(17)20/h1-8,15,20-21H,9-14H2,(H,25,30)(H,26,27)(H,28,29)/t21-/m0/s1.